The summed E-state index contributed by atoms with van der Waals surface area (Å²) in [6.07, 6.45) is 0. The summed E-state index contributed by atoms with van der Waals surface area (Å²) in [6, 6.07) is 0. The Morgan fingerprint density at radius 3 is 2.12 bits per heavy atom. The Balaban J connectivity index is 3.35. The number of methoxy groups -OCH3 is 1. The van der Waals surface area contributed by atoms with E-state index in [1.54, 1.807) is 27.9 Å². The lowest BCUT2D eigenvalue weighted by Gasteiger charge is -2.12. The van der Waals surface area contributed by atoms with E-state index in [1.807, 2.05) is 0 Å². The number of amides is 1. The third kappa shape index (κ3) is 5.06. The van der Waals surface area contributed by atoms with Gasteiger partial charge in [0, 0.05) is 13.7 Å². The van der Waals surface area contributed by atoms with Gasteiger partial charge in [0.1, 0.15) is 11.4 Å². The average Bonchev–Trinajstić information content (AvgIpc) is 2.87. The van der Waals surface area contributed by atoms with Crippen molar-refractivity contribution in [3.8, 4) is 0 Å². The fourth-order valence-electron chi connectivity index (χ4n) is 2.54. The minimum Gasteiger partial charge on any atom is -0.462 e. The fraction of sp³-hybridized carbons (Fsp3) is 0.588. The monoisotopic (exact) mass is 370 g/mol. The highest BCUT2D eigenvalue weighted by Crippen LogP contribution is 2.25. The number of carbonyl (C=O) groups is 3. The fourth-order valence-corrected chi connectivity index (χ4v) is 2.54. The van der Waals surface area contributed by atoms with Crippen LogP contribution >= 0.6 is 0 Å². The predicted octanol–water partition coefficient (Wildman–Crippen LogP) is 0.912. The van der Waals surface area contributed by atoms with Gasteiger partial charge in [-0.1, -0.05) is 0 Å². The maximum Gasteiger partial charge on any atom is 0.355 e. The van der Waals surface area contributed by atoms with Gasteiger partial charge >= 0.3 is 11.9 Å². The smallest absolute Gasteiger partial charge is 0.355 e. The number of carbonyl (C=O) groups excluding carboxylic acids is 3. The molecule has 0 aliphatic rings. The van der Waals surface area contributed by atoms with Gasteiger partial charge in [0.25, 0.3) is 5.91 Å². The Morgan fingerprint density at radius 2 is 1.58 bits per heavy atom. The molecule has 9 nitrogen and oxygen atoms in total. The molecule has 1 heterocycles. The van der Waals surface area contributed by atoms with Crippen LogP contribution in [-0.4, -0.2) is 62.6 Å². The van der Waals surface area contributed by atoms with E-state index in [-0.39, 0.29) is 48.9 Å². The van der Waals surface area contributed by atoms with Gasteiger partial charge in [-0.2, -0.15) is 0 Å². The number of aromatic nitrogens is 1. The number of nitrogens with two attached hydrogens (primary N) is 1. The normalized spacial score (nSPS) is 10.6. The summed E-state index contributed by atoms with van der Waals surface area (Å²) in [7, 11) is 1.55. The molecule has 26 heavy (non-hydrogen) atoms. The second-order valence-corrected chi connectivity index (χ2v) is 5.26. The van der Waals surface area contributed by atoms with E-state index < -0.39 is 17.8 Å². The Morgan fingerprint density at radius 1 is 0.962 bits per heavy atom. The topological polar surface area (TPSA) is 119 Å². The molecule has 0 fully saturated rings. The summed E-state index contributed by atoms with van der Waals surface area (Å²) in [5.74, 6) is -2.22. The van der Waals surface area contributed by atoms with Crippen molar-refractivity contribution in [2.24, 2.45) is 5.73 Å². The molecule has 0 unspecified atom stereocenters. The quantitative estimate of drug-likeness (QED) is 0.454. The van der Waals surface area contributed by atoms with E-state index in [0.29, 0.717) is 13.2 Å². The summed E-state index contributed by atoms with van der Waals surface area (Å²) in [4.78, 5) is 36.7. The molecule has 0 aliphatic carbocycles. The van der Waals surface area contributed by atoms with Crippen LogP contribution in [0, 0.1) is 6.92 Å². The molecule has 0 atom stereocenters. The van der Waals surface area contributed by atoms with E-state index in [1.165, 1.54) is 4.57 Å². The molecular weight excluding hydrogens is 344 g/mol. The summed E-state index contributed by atoms with van der Waals surface area (Å²) in [5, 5.41) is 0. The molecule has 1 aromatic rings. The highest BCUT2D eigenvalue weighted by Gasteiger charge is 2.32. The van der Waals surface area contributed by atoms with Crippen molar-refractivity contribution >= 4 is 17.8 Å². The highest BCUT2D eigenvalue weighted by atomic mass is 16.5. The zero-order valence-corrected chi connectivity index (χ0v) is 15.6. The van der Waals surface area contributed by atoms with Crippen LogP contribution in [0.15, 0.2) is 0 Å². The zero-order valence-electron chi connectivity index (χ0n) is 15.6. The molecule has 0 bridgehead atoms. The first-order valence-electron chi connectivity index (χ1n) is 8.34. The SMILES string of the molecule is CCOC(=O)c1c(C)c(C(=O)OCC)n(CCOCCOC)c1C(N)=O. The molecule has 0 aromatic carbocycles. The number of hydrogen-bond acceptors (Lipinski definition) is 7. The van der Waals surface area contributed by atoms with Crippen molar-refractivity contribution in [2.45, 2.75) is 27.3 Å². The Hall–Kier alpha value is -2.39. The zero-order chi connectivity index (χ0) is 19.7. The highest BCUT2D eigenvalue weighted by molar-refractivity contribution is 6.08. The largest absolute Gasteiger partial charge is 0.462 e. The summed E-state index contributed by atoms with van der Waals surface area (Å²) < 4.78 is 21.7. The Bertz CT molecular complexity index is 652. The van der Waals surface area contributed by atoms with Crippen LogP contribution in [0.25, 0.3) is 0 Å². The van der Waals surface area contributed by atoms with Gasteiger partial charge in [0.2, 0.25) is 0 Å². The molecular formula is C17H26N2O7. The lowest BCUT2D eigenvalue weighted by molar-refractivity contribution is 0.0496. The molecule has 0 spiro atoms. The van der Waals surface area contributed by atoms with E-state index in [0.717, 1.165) is 0 Å². The number of hydrogen-bond donors (Lipinski definition) is 1. The third-order valence-electron chi connectivity index (χ3n) is 3.58. The average molecular weight is 370 g/mol. The van der Waals surface area contributed by atoms with Gasteiger partial charge in [0.15, 0.2) is 0 Å². The van der Waals surface area contributed by atoms with Gasteiger partial charge in [-0.3, -0.25) is 4.79 Å². The number of rotatable bonds is 11. The standard InChI is InChI=1S/C17H26N2O7/c1-5-25-16(21)12-11(3)13(17(22)26-6-2)19(14(12)15(18)20)7-8-24-10-9-23-4/h5-10H2,1-4H3,(H2,18,20). The summed E-state index contributed by atoms with van der Waals surface area (Å²) >= 11 is 0. The summed E-state index contributed by atoms with van der Waals surface area (Å²) in [5.41, 5.74) is 5.72. The first-order valence-corrected chi connectivity index (χ1v) is 8.34. The molecule has 0 radical (unpaired) electrons. The molecule has 2 N–H and O–H groups in total. The summed E-state index contributed by atoms with van der Waals surface area (Å²) in [6.45, 7) is 6.20. The van der Waals surface area contributed by atoms with Crippen LogP contribution in [0.2, 0.25) is 0 Å². The lowest BCUT2D eigenvalue weighted by Crippen LogP contribution is -2.24. The molecule has 1 rings (SSSR count). The lowest BCUT2D eigenvalue weighted by atomic mass is 10.1. The Kier molecular flexibility index (Phi) is 8.80. The molecule has 0 aliphatic heterocycles. The van der Waals surface area contributed by atoms with Crippen molar-refractivity contribution < 1.29 is 33.3 Å². The second-order valence-electron chi connectivity index (χ2n) is 5.26. The van der Waals surface area contributed by atoms with Crippen molar-refractivity contribution in [1.29, 1.82) is 0 Å². The van der Waals surface area contributed by atoms with E-state index in [4.69, 9.17) is 24.7 Å². The first kappa shape index (κ1) is 21.7. The van der Waals surface area contributed by atoms with Gasteiger partial charge < -0.3 is 29.2 Å². The van der Waals surface area contributed by atoms with Crippen LogP contribution in [0.5, 0.6) is 0 Å². The van der Waals surface area contributed by atoms with Crippen LogP contribution < -0.4 is 5.73 Å². The third-order valence-corrected chi connectivity index (χ3v) is 3.58. The minimum atomic E-state index is -0.844. The second kappa shape index (κ2) is 10.6. The molecule has 0 saturated heterocycles. The van der Waals surface area contributed by atoms with Crippen molar-refractivity contribution in [3.05, 3.63) is 22.5 Å². The van der Waals surface area contributed by atoms with Crippen molar-refractivity contribution in [2.75, 3.05) is 40.1 Å². The van der Waals surface area contributed by atoms with Gasteiger partial charge in [-0.25, -0.2) is 9.59 Å². The number of nitrogens with zero attached hydrogens (tertiary/aromatic N) is 1. The molecule has 9 heteroatoms. The van der Waals surface area contributed by atoms with Gasteiger partial charge in [-0.05, 0) is 26.3 Å². The van der Waals surface area contributed by atoms with Crippen LogP contribution in [0.1, 0.15) is 50.7 Å². The van der Waals surface area contributed by atoms with Crippen LogP contribution in [0.4, 0.5) is 0 Å². The van der Waals surface area contributed by atoms with Crippen LogP contribution in [-0.2, 0) is 25.5 Å². The minimum absolute atomic E-state index is 0.0284. The number of primary amides is 1. The molecule has 1 aromatic heterocycles. The van der Waals surface area contributed by atoms with Gasteiger partial charge in [-0.15, -0.1) is 0 Å². The maximum absolute atomic E-state index is 12.4. The molecule has 146 valence electrons. The Labute approximate surface area is 152 Å². The van der Waals surface area contributed by atoms with Crippen molar-refractivity contribution in [1.82, 2.24) is 4.57 Å². The van der Waals surface area contributed by atoms with E-state index >= 15 is 0 Å². The van der Waals surface area contributed by atoms with E-state index in [2.05, 4.69) is 0 Å². The number of esters is 2. The van der Waals surface area contributed by atoms with Gasteiger partial charge in [0.05, 0.1) is 38.6 Å². The number of ether oxygens (including phenoxy) is 4. The first-order chi connectivity index (χ1) is 12.4. The molecule has 0 saturated carbocycles. The van der Waals surface area contributed by atoms with E-state index in [9.17, 15) is 14.4 Å². The van der Waals surface area contributed by atoms with Crippen molar-refractivity contribution in [3.63, 3.8) is 0 Å². The molecule has 1 amide bonds. The van der Waals surface area contributed by atoms with Crippen LogP contribution in [0.3, 0.4) is 0 Å². The maximum atomic E-state index is 12.4. The predicted molar refractivity (Wildman–Crippen MR) is 92.3 cm³/mol.